The van der Waals surface area contributed by atoms with Crippen LogP contribution in [0.25, 0.3) is 0 Å². The predicted octanol–water partition coefficient (Wildman–Crippen LogP) is 1.99. The van der Waals surface area contributed by atoms with Crippen LogP contribution in [0.15, 0.2) is 36.4 Å². The van der Waals surface area contributed by atoms with Crippen molar-refractivity contribution in [3.8, 4) is 11.5 Å². The molecule has 0 spiro atoms. The van der Waals surface area contributed by atoms with Crippen molar-refractivity contribution in [2.45, 2.75) is 25.6 Å². The SMILES string of the molecule is COc1ccc(CNC(=O)C[C@@H]2C(=O)NCCN2Cc2cccc(F)c2F)cc1OC. The third kappa shape index (κ3) is 5.49. The Morgan fingerprint density at radius 3 is 2.71 bits per heavy atom. The molecule has 9 heteroatoms. The first-order valence-electron chi connectivity index (χ1n) is 9.85. The lowest BCUT2D eigenvalue weighted by Crippen LogP contribution is -2.56. The summed E-state index contributed by atoms with van der Waals surface area (Å²) in [4.78, 5) is 26.6. The van der Waals surface area contributed by atoms with E-state index in [1.165, 1.54) is 26.4 Å². The second-order valence-corrected chi connectivity index (χ2v) is 7.16. The molecule has 0 saturated carbocycles. The molecule has 1 aliphatic rings. The highest BCUT2D eigenvalue weighted by molar-refractivity contribution is 5.88. The van der Waals surface area contributed by atoms with Gasteiger partial charge in [-0.3, -0.25) is 14.5 Å². The Kier molecular flexibility index (Phi) is 7.41. The summed E-state index contributed by atoms with van der Waals surface area (Å²) in [6.45, 7) is 1.07. The number of methoxy groups -OCH3 is 2. The average Bonchev–Trinajstić information content (AvgIpc) is 2.77. The van der Waals surface area contributed by atoms with Gasteiger partial charge in [-0.05, 0) is 23.8 Å². The lowest BCUT2D eigenvalue weighted by Gasteiger charge is -2.34. The van der Waals surface area contributed by atoms with Crippen molar-refractivity contribution in [2.75, 3.05) is 27.3 Å². The largest absolute Gasteiger partial charge is 0.493 e. The van der Waals surface area contributed by atoms with E-state index in [2.05, 4.69) is 10.6 Å². The van der Waals surface area contributed by atoms with Crippen LogP contribution in [0.1, 0.15) is 17.5 Å². The van der Waals surface area contributed by atoms with Crippen molar-refractivity contribution in [1.82, 2.24) is 15.5 Å². The van der Waals surface area contributed by atoms with Gasteiger partial charge in [0.1, 0.15) is 0 Å². The zero-order chi connectivity index (χ0) is 22.4. The number of hydrogen-bond donors (Lipinski definition) is 2. The maximum atomic E-state index is 14.1. The molecule has 0 aliphatic carbocycles. The third-order valence-electron chi connectivity index (χ3n) is 5.16. The van der Waals surface area contributed by atoms with Crippen molar-refractivity contribution in [1.29, 1.82) is 0 Å². The first-order chi connectivity index (χ1) is 14.9. The Labute approximate surface area is 179 Å². The summed E-state index contributed by atoms with van der Waals surface area (Å²) in [7, 11) is 3.06. The van der Waals surface area contributed by atoms with Gasteiger partial charge in [0, 0.05) is 31.7 Å². The summed E-state index contributed by atoms with van der Waals surface area (Å²) in [6, 6.07) is 8.45. The molecule has 1 atom stereocenters. The summed E-state index contributed by atoms with van der Waals surface area (Å²) in [5.74, 6) is -1.40. The molecule has 1 saturated heterocycles. The van der Waals surface area contributed by atoms with Crippen molar-refractivity contribution in [3.05, 3.63) is 59.2 Å². The minimum Gasteiger partial charge on any atom is -0.493 e. The molecule has 1 fully saturated rings. The van der Waals surface area contributed by atoms with Crippen LogP contribution >= 0.6 is 0 Å². The lowest BCUT2D eigenvalue weighted by atomic mass is 10.1. The predicted molar refractivity (Wildman–Crippen MR) is 110 cm³/mol. The smallest absolute Gasteiger partial charge is 0.237 e. The molecule has 2 aromatic rings. The zero-order valence-electron chi connectivity index (χ0n) is 17.4. The fraction of sp³-hybridized carbons (Fsp3) is 0.364. The van der Waals surface area contributed by atoms with Crippen LogP contribution in [0.2, 0.25) is 0 Å². The first kappa shape index (κ1) is 22.5. The number of carbonyl (C=O) groups excluding carboxylic acids is 2. The van der Waals surface area contributed by atoms with Gasteiger partial charge < -0.3 is 20.1 Å². The maximum Gasteiger partial charge on any atom is 0.237 e. The van der Waals surface area contributed by atoms with E-state index >= 15 is 0 Å². The molecule has 2 aromatic carbocycles. The molecule has 2 amide bonds. The number of carbonyl (C=O) groups is 2. The molecule has 7 nitrogen and oxygen atoms in total. The van der Waals surface area contributed by atoms with E-state index in [4.69, 9.17) is 9.47 Å². The van der Waals surface area contributed by atoms with Gasteiger partial charge in [-0.1, -0.05) is 18.2 Å². The number of halogens is 2. The molecule has 0 radical (unpaired) electrons. The average molecular weight is 433 g/mol. The van der Waals surface area contributed by atoms with E-state index in [0.29, 0.717) is 24.6 Å². The van der Waals surface area contributed by atoms with Crippen LogP contribution in [-0.4, -0.2) is 50.1 Å². The van der Waals surface area contributed by atoms with Crippen LogP contribution in [0.5, 0.6) is 11.5 Å². The number of rotatable bonds is 8. The monoisotopic (exact) mass is 433 g/mol. The van der Waals surface area contributed by atoms with Crippen LogP contribution in [0, 0.1) is 11.6 Å². The summed E-state index contributed by atoms with van der Waals surface area (Å²) in [5, 5.41) is 5.51. The van der Waals surface area contributed by atoms with Crippen molar-refractivity contribution in [3.63, 3.8) is 0 Å². The molecule has 1 heterocycles. The highest BCUT2D eigenvalue weighted by Crippen LogP contribution is 2.27. The number of piperazine rings is 1. The molecular weight excluding hydrogens is 408 g/mol. The molecule has 3 rings (SSSR count). The van der Waals surface area contributed by atoms with Crippen molar-refractivity contribution >= 4 is 11.8 Å². The highest BCUT2D eigenvalue weighted by Gasteiger charge is 2.32. The second kappa shape index (κ2) is 10.2. The quantitative estimate of drug-likeness (QED) is 0.666. The molecule has 2 N–H and O–H groups in total. The Morgan fingerprint density at radius 2 is 1.97 bits per heavy atom. The standard InChI is InChI=1S/C22H25F2N3O4/c1-30-18-7-6-14(10-19(18)31-2)12-26-20(28)11-17-22(29)25-8-9-27(17)13-15-4-3-5-16(23)21(15)24/h3-7,10,17H,8-9,11-13H2,1-2H3,(H,25,29)(H,26,28)/t17-/m1/s1. The van der Waals surface area contributed by atoms with Gasteiger partial charge in [0.15, 0.2) is 23.1 Å². The molecule has 31 heavy (non-hydrogen) atoms. The van der Waals surface area contributed by atoms with E-state index in [1.807, 2.05) is 0 Å². The van der Waals surface area contributed by atoms with Crippen LogP contribution < -0.4 is 20.1 Å². The van der Waals surface area contributed by atoms with Gasteiger partial charge in [-0.25, -0.2) is 8.78 Å². The fourth-order valence-electron chi connectivity index (χ4n) is 3.50. The van der Waals surface area contributed by atoms with Gasteiger partial charge in [0.25, 0.3) is 0 Å². The topological polar surface area (TPSA) is 79.9 Å². The van der Waals surface area contributed by atoms with Gasteiger partial charge in [0.05, 0.1) is 26.7 Å². The van der Waals surface area contributed by atoms with E-state index in [1.54, 1.807) is 23.1 Å². The molecule has 0 bridgehead atoms. The molecule has 0 unspecified atom stereocenters. The number of benzene rings is 2. The Morgan fingerprint density at radius 1 is 1.19 bits per heavy atom. The van der Waals surface area contributed by atoms with Gasteiger partial charge in [-0.15, -0.1) is 0 Å². The molecular formula is C22H25F2N3O4. The number of nitrogens with one attached hydrogen (secondary N) is 2. The van der Waals surface area contributed by atoms with Crippen LogP contribution in [-0.2, 0) is 22.7 Å². The Balaban J connectivity index is 1.63. The molecule has 0 aromatic heterocycles. The van der Waals surface area contributed by atoms with Crippen molar-refractivity contribution in [2.24, 2.45) is 0 Å². The number of amides is 2. The number of nitrogens with zero attached hydrogens (tertiary/aromatic N) is 1. The second-order valence-electron chi connectivity index (χ2n) is 7.16. The minimum atomic E-state index is -0.942. The Hall–Kier alpha value is -3.20. The number of hydrogen-bond acceptors (Lipinski definition) is 5. The summed E-state index contributed by atoms with van der Waals surface area (Å²) in [5.41, 5.74) is 0.947. The van der Waals surface area contributed by atoms with E-state index in [9.17, 15) is 18.4 Å². The number of ether oxygens (including phenoxy) is 2. The third-order valence-corrected chi connectivity index (χ3v) is 5.16. The minimum absolute atomic E-state index is 0.0324. The normalized spacial score (nSPS) is 16.5. The van der Waals surface area contributed by atoms with E-state index < -0.39 is 17.7 Å². The summed E-state index contributed by atoms with van der Waals surface area (Å²) < 4.78 is 38.0. The summed E-state index contributed by atoms with van der Waals surface area (Å²) in [6.07, 6.45) is -0.101. The van der Waals surface area contributed by atoms with E-state index in [-0.39, 0.29) is 36.9 Å². The zero-order valence-corrected chi connectivity index (χ0v) is 17.4. The fourth-order valence-corrected chi connectivity index (χ4v) is 3.50. The molecule has 1 aliphatic heterocycles. The maximum absolute atomic E-state index is 14.1. The van der Waals surface area contributed by atoms with Crippen molar-refractivity contribution < 1.29 is 27.8 Å². The lowest BCUT2D eigenvalue weighted by molar-refractivity contribution is -0.134. The molecule has 166 valence electrons. The van der Waals surface area contributed by atoms with E-state index in [0.717, 1.165) is 11.6 Å². The van der Waals surface area contributed by atoms with Crippen LogP contribution in [0.4, 0.5) is 8.78 Å². The van der Waals surface area contributed by atoms with Gasteiger partial charge in [-0.2, -0.15) is 0 Å². The van der Waals surface area contributed by atoms with Crippen LogP contribution in [0.3, 0.4) is 0 Å². The van der Waals surface area contributed by atoms with Gasteiger partial charge in [0.2, 0.25) is 11.8 Å². The summed E-state index contributed by atoms with van der Waals surface area (Å²) >= 11 is 0. The highest BCUT2D eigenvalue weighted by atomic mass is 19.2. The Bertz CT molecular complexity index is 954. The first-order valence-corrected chi connectivity index (χ1v) is 9.85. The van der Waals surface area contributed by atoms with Gasteiger partial charge >= 0.3 is 0 Å².